The molecule has 0 bridgehead atoms. The molecule has 1 aliphatic heterocycles. The first-order valence-corrected chi connectivity index (χ1v) is 6.36. The highest BCUT2D eigenvalue weighted by atomic mass is 16.2. The summed E-state index contributed by atoms with van der Waals surface area (Å²) in [5, 5.41) is 0. The summed E-state index contributed by atoms with van der Waals surface area (Å²) < 4.78 is 0. The number of rotatable bonds is 2. The molecule has 0 aliphatic carbocycles. The van der Waals surface area contributed by atoms with Crippen molar-refractivity contribution in [1.82, 2.24) is 9.97 Å². The van der Waals surface area contributed by atoms with Crippen molar-refractivity contribution in [3.8, 4) is 0 Å². The van der Waals surface area contributed by atoms with Crippen LogP contribution in [0.1, 0.15) is 33.0 Å². The second-order valence-electron chi connectivity index (χ2n) is 4.95. The highest BCUT2D eigenvalue weighted by Crippen LogP contribution is 2.35. The summed E-state index contributed by atoms with van der Waals surface area (Å²) in [4.78, 5) is 24.8. The Balaban J connectivity index is 2.60. The van der Waals surface area contributed by atoms with Crippen molar-refractivity contribution in [3.63, 3.8) is 0 Å². The molecule has 0 saturated heterocycles. The molecule has 1 aliphatic rings. The van der Waals surface area contributed by atoms with Gasteiger partial charge in [0, 0.05) is 13.1 Å². The van der Waals surface area contributed by atoms with Gasteiger partial charge in [0.05, 0.1) is 6.20 Å². The molecule has 0 aromatic carbocycles. The van der Waals surface area contributed by atoms with Gasteiger partial charge in [0.1, 0.15) is 17.6 Å². The smallest absolute Gasteiger partial charge is 0.249 e. The quantitative estimate of drug-likeness (QED) is 0.800. The predicted molar refractivity (Wildman–Crippen MR) is 71.9 cm³/mol. The van der Waals surface area contributed by atoms with E-state index in [0.717, 1.165) is 23.8 Å². The highest BCUT2D eigenvalue weighted by molar-refractivity contribution is 6.04. The van der Waals surface area contributed by atoms with Crippen LogP contribution in [0.15, 0.2) is 6.20 Å². The molecule has 2 heterocycles. The van der Waals surface area contributed by atoms with Gasteiger partial charge in [-0.2, -0.15) is 0 Å². The fourth-order valence-corrected chi connectivity index (χ4v) is 2.46. The minimum atomic E-state index is -0.128. The minimum Gasteiger partial charge on any atom is -0.340 e. The van der Waals surface area contributed by atoms with E-state index < -0.39 is 0 Å². The van der Waals surface area contributed by atoms with Crippen molar-refractivity contribution in [3.05, 3.63) is 12.0 Å². The van der Waals surface area contributed by atoms with Crippen LogP contribution in [0, 0.1) is 6.92 Å². The fourth-order valence-electron chi connectivity index (χ4n) is 2.46. The maximum atomic E-state index is 12.3. The van der Waals surface area contributed by atoms with Gasteiger partial charge in [-0.15, -0.1) is 0 Å². The lowest BCUT2D eigenvalue weighted by Gasteiger charge is -2.42. The molecule has 98 valence electrons. The van der Waals surface area contributed by atoms with Crippen LogP contribution in [0.3, 0.4) is 0 Å². The summed E-state index contributed by atoms with van der Waals surface area (Å²) in [6, 6.07) is 0.109. The number of anilines is 2. The van der Waals surface area contributed by atoms with E-state index in [1.54, 1.807) is 18.1 Å². The molecule has 0 radical (unpaired) electrons. The lowest BCUT2D eigenvalue weighted by molar-refractivity contribution is -0.120. The van der Waals surface area contributed by atoms with Gasteiger partial charge >= 0.3 is 0 Å². The normalized spacial score (nSPS) is 19.4. The average Bonchev–Trinajstić information content (AvgIpc) is 2.32. The highest BCUT2D eigenvalue weighted by Gasteiger charge is 2.37. The van der Waals surface area contributed by atoms with Crippen LogP contribution in [0.4, 0.5) is 11.5 Å². The van der Waals surface area contributed by atoms with E-state index in [4.69, 9.17) is 0 Å². The summed E-state index contributed by atoms with van der Waals surface area (Å²) in [5.74, 6) is 1.72. The number of amides is 1. The number of hydrogen-bond donors (Lipinski definition) is 0. The molecule has 5 heteroatoms. The molecule has 0 saturated carbocycles. The number of aromatic nitrogens is 2. The van der Waals surface area contributed by atoms with Crippen LogP contribution in [-0.2, 0) is 4.79 Å². The van der Waals surface area contributed by atoms with E-state index >= 15 is 0 Å². The van der Waals surface area contributed by atoms with Crippen LogP contribution in [0.5, 0.6) is 0 Å². The Morgan fingerprint density at radius 3 is 2.67 bits per heavy atom. The first-order valence-electron chi connectivity index (χ1n) is 6.36. The largest absolute Gasteiger partial charge is 0.340 e. The molecule has 0 N–H and O–H groups in total. The Morgan fingerprint density at radius 2 is 2.11 bits per heavy atom. The molecule has 1 atom stereocenters. The number of likely N-dealkylation sites (N-methyl/N-ethyl adjacent to an activating group) is 1. The maximum Gasteiger partial charge on any atom is 0.249 e. The molecule has 1 amide bonds. The molecule has 0 spiro atoms. The maximum absolute atomic E-state index is 12.3. The number of carbonyl (C=O) groups is 1. The van der Waals surface area contributed by atoms with Gasteiger partial charge in [0.15, 0.2) is 5.82 Å². The molecule has 5 nitrogen and oxygen atoms in total. The Hall–Kier alpha value is -1.65. The van der Waals surface area contributed by atoms with Gasteiger partial charge in [-0.05, 0) is 27.2 Å². The third kappa shape index (κ3) is 1.83. The second kappa shape index (κ2) is 4.55. The van der Waals surface area contributed by atoms with Crippen molar-refractivity contribution in [2.75, 3.05) is 16.8 Å². The van der Waals surface area contributed by atoms with Gasteiger partial charge in [-0.3, -0.25) is 4.79 Å². The number of hydrogen-bond acceptors (Lipinski definition) is 4. The Bertz CT molecular complexity index is 472. The first kappa shape index (κ1) is 12.8. The Kier molecular flexibility index (Phi) is 3.24. The lowest BCUT2D eigenvalue weighted by atomic mass is 10.1. The van der Waals surface area contributed by atoms with Crippen LogP contribution >= 0.6 is 0 Å². The van der Waals surface area contributed by atoms with Crippen LogP contribution < -0.4 is 9.80 Å². The van der Waals surface area contributed by atoms with Crippen molar-refractivity contribution < 1.29 is 4.79 Å². The van der Waals surface area contributed by atoms with Gasteiger partial charge < -0.3 is 9.80 Å². The molecule has 2 rings (SSSR count). The van der Waals surface area contributed by atoms with Crippen molar-refractivity contribution in [1.29, 1.82) is 0 Å². The number of carbonyl (C=O) groups excluding carboxylic acids is 1. The van der Waals surface area contributed by atoms with Crippen LogP contribution in [-0.4, -0.2) is 35.0 Å². The van der Waals surface area contributed by atoms with E-state index in [-0.39, 0.29) is 18.0 Å². The summed E-state index contributed by atoms with van der Waals surface area (Å²) in [5.41, 5.74) is 0.795. The molecule has 18 heavy (non-hydrogen) atoms. The Labute approximate surface area is 108 Å². The standard InChI is InChI=1S/C13H20N4O/c1-6-10-13(18)16(5)11-7-14-9(4)15-12(11)17(10)8(2)3/h7-8,10H,6H2,1-5H3/t10-/m1/s1. The Morgan fingerprint density at radius 1 is 1.44 bits per heavy atom. The summed E-state index contributed by atoms with van der Waals surface area (Å²) in [7, 11) is 1.79. The minimum absolute atomic E-state index is 0.117. The molecule has 1 aromatic rings. The molecule has 0 fully saturated rings. The van der Waals surface area contributed by atoms with E-state index in [1.807, 2.05) is 13.8 Å². The lowest BCUT2D eigenvalue weighted by Crippen LogP contribution is -2.55. The monoisotopic (exact) mass is 248 g/mol. The average molecular weight is 248 g/mol. The number of aryl methyl sites for hydroxylation is 1. The van der Waals surface area contributed by atoms with E-state index in [0.29, 0.717) is 0 Å². The zero-order valence-corrected chi connectivity index (χ0v) is 11.6. The fraction of sp³-hybridized carbons (Fsp3) is 0.615. The molecular formula is C13H20N4O. The van der Waals surface area contributed by atoms with Gasteiger partial charge in [-0.25, -0.2) is 9.97 Å². The van der Waals surface area contributed by atoms with E-state index in [1.165, 1.54) is 0 Å². The molecule has 0 unspecified atom stereocenters. The van der Waals surface area contributed by atoms with Crippen molar-refractivity contribution >= 4 is 17.4 Å². The van der Waals surface area contributed by atoms with Crippen LogP contribution in [0.2, 0.25) is 0 Å². The van der Waals surface area contributed by atoms with Gasteiger partial charge in [0.2, 0.25) is 5.91 Å². The third-order valence-corrected chi connectivity index (χ3v) is 3.37. The SMILES string of the molecule is CC[C@@H]1C(=O)N(C)c2cnc(C)nc2N1C(C)C. The molecular weight excluding hydrogens is 228 g/mol. The van der Waals surface area contributed by atoms with E-state index in [2.05, 4.69) is 28.7 Å². The molecule has 1 aromatic heterocycles. The van der Waals surface area contributed by atoms with Crippen molar-refractivity contribution in [2.45, 2.75) is 46.2 Å². The zero-order chi connectivity index (χ0) is 13.4. The summed E-state index contributed by atoms with van der Waals surface area (Å²) >= 11 is 0. The van der Waals surface area contributed by atoms with Crippen molar-refractivity contribution in [2.24, 2.45) is 0 Å². The second-order valence-corrected chi connectivity index (χ2v) is 4.95. The van der Waals surface area contributed by atoms with Gasteiger partial charge in [0.25, 0.3) is 0 Å². The van der Waals surface area contributed by atoms with E-state index in [9.17, 15) is 4.79 Å². The number of fused-ring (bicyclic) bond motifs is 1. The van der Waals surface area contributed by atoms with Crippen LogP contribution in [0.25, 0.3) is 0 Å². The summed E-state index contributed by atoms with van der Waals surface area (Å²) in [6.07, 6.45) is 2.51. The zero-order valence-electron chi connectivity index (χ0n) is 11.6. The van der Waals surface area contributed by atoms with Gasteiger partial charge in [-0.1, -0.05) is 6.92 Å². The first-order chi connectivity index (χ1) is 8.47. The topological polar surface area (TPSA) is 49.3 Å². The number of nitrogens with zero attached hydrogens (tertiary/aromatic N) is 4. The predicted octanol–water partition coefficient (Wildman–Crippen LogP) is 1.75. The summed E-state index contributed by atoms with van der Waals surface area (Å²) in [6.45, 7) is 8.08. The third-order valence-electron chi connectivity index (χ3n) is 3.37.